The molecular formula is C17H23NO3. The minimum absolute atomic E-state index is 0.0252. The van der Waals surface area contributed by atoms with Crippen LogP contribution in [0.1, 0.15) is 51.0 Å². The quantitative estimate of drug-likeness (QED) is 0.870. The summed E-state index contributed by atoms with van der Waals surface area (Å²) in [6.07, 6.45) is 6.16. The average molecular weight is 289 g/mol. The molecule has 0 unspecified atom stereocenters. The molecule has 0 bridgehead atoms. The van der Waals surface area contributed by atoms with Gasteiger partial charge in [0.25, 0.3) is 0 Å². The lowest BCUT2D eigenvalue weighted by Gasteiger charge is -2.34. The highest BCUT2D eigenvalue weighted by Crippen LogP contribution is 2.40. The van der Waals surface area contributed by atoms with E-state index < -0.39 is 5.97 Å². The predicted molar refractivity (Wildman–Crippen MR) is 82.2 cm³/mol. The Morgan fingerprint density at radius 1 is 1.24 bits per heavy atom. The molecule has 0 heterocycles. The summed E-state index contributed by atoms with van der Waals surface area (Å²) in [6.45, 7) is 2.08. The van der Waals surface area contributed by atoms with E-state index in [-0.39, 0.29) is 17.7 Å². The van der Waals surface area contributed by atoms with Crippen molar-refractivity contribution in [3.05, 3.63) is 29.8 Å². The molecule has 4 heteroatoms. The number of hydrogen-bond donors (Lipinski definition) is 2. The molecule has 21 heavy (non-hydrogen) atoms. The van der Waals surface area contributed by atoms with Gasteiger partial charge in [-0.3, -0.25) is 9.59 Å². The van der Waals surface area contributed by atoms with Crippen LogP contribution in [0.15, 0.2) is 24.3 Å². The topological polar surface area (TPSA) is 66.4 Å². The smallest absolute Gasteiger partial charge is 0.307 e. The third-order valence-corrected chi connectivity index (χ3v) is 4.51. The van der Waals surface area contributed by atoms with Gasteiger partial charge in [-0.25, -0.2) is 0 Å². The lowest BCUT2D eigenvalue weighted by atomic mass is 9.71. The van der Waals surface area contributed by atoms with Gasteiger partial charge in [0.05, 0.1) is 6.42 Å². The molecule has 1 aliphatic rings. The SMILES string of the molecule is CCC1(C(=O)Nc2cccc(CC(=O)O)c2)CCCCC1. The fourth-order valence-corrected chi connectivity index (χ4v) is 3.17. The van der Waals surface area contributed by atoms with Crippen LogP contribution in [0, 0.1) is 5.41 Å². The van der Waals surface area contributed by atoms with E-state index in [2.05, 4.69) is 12.2 Å². The molecule has 1 fully saturated rings. The van der Waals surface area contributed by atoms with E-state index in [0.717, 1.165) is 32.1 Å². The van der Waals surface area contributed by atoms with Crippen LogP contribution in [-0.4, -0.2) is 17.0 Å². The highest BCUT2D eigenvalue weighted by atomic mass is 16.4. The number of amides is 1. The van der Waals surface area contributed by atoms with Crippen molar-refractivity contribution in [2.24, 2.45) is 5.41 Å². The second-order valence-electron chi connectivity index (χ2n) is 5.92. The number of carbonyl (C=O) groups excluding carboxylic acids is 1. The van der Waals surface area contributed by atoms with Gasteiger partial charge in [-0.2, -0.15) is 0 Å². The Morgan fingerprint density at radius 3 is 2.57 bits per heavy atom. The zero-order chi connectivity index (χ0) is 15.3. The van der Waals surface area contributed by atoms with Crippen molar-refractivity contribution in [1.29, 1.82) is 0 Å². The van der Waals surface area contributed by atoms with E-state index in [4.69, 9.17) is 5.11 Å². The Bertz CT molecular complexity index is 519. The first-order valence-electron chi connectivity index (χ1n) is 7.68. The maximum atomic E-state index is 12.6. The number of benzene rings is 1. The fourth-order valence-electron chi connectivity index (χ4n) is 3.17. The molecule has 0 aliphatic heterocycles. The Morgan fingerprint density at radius 2 is 1.95 bits per heavy atom. The number of carboxylic acid groups (broad SMARTS) is 1. The van der Waals surface area contributed by atoms with E-state index in [1.165, 1.54) is 6.42 Å². The van der Waals surface area contributed by atoms with E-state index in [1.807, 2.05) is 6.07 Å². The number of rotatable bonds is 5. The number of nitrogens with one attached hydrogen (secondary N) is 1. The van der Waals surface area contributed by atoms with Crippen molar-refractivity contribution >= 4 is 17.6 Å². The van der Waals surface area contributed by atoms with Crippen molar-refractivity contribution in [2.45, 2.75) is 51.9 Å². The second-order valence-corrected chi connectivity index (χ2v) is 5.92. The van der Waals surface area contributed by atoms with Crippen molar-refractivity contribution in [1.82, 2.24) is 0 Å². The van der Waals surface area contributed by atoms with Crippen LogP contribution in [0.4, 0.5) is 5.69 Å². The molecule has 114 valence electrons. The lowest BCUT2D eigenvalue weighted by molar-refractivity contribution is -0.136. The van der Waals surface area contributed by atoms with Crippen molar-refractivity contribution in [2.75, 3.05) is 5.32 Å². The largest absolute Gasteiger partial charge is 0.481 e. The molecular weight excluding hydrogens is 266 g/mol. The third kappa shape index (κ3) is 3.84. The van der Waals surface area contributed by atoms with Crippen LogP contribution < -0.4 is 5.32 Å². The van der Waals surface area contributed by atoms with Gasteiger partial charge in [0, 0.05) is 11.1 Å². The molecule has 1 aromatic rings. The first kappa shape index (κ1) is 15.5. The van der Waals surface area contributed by atoms with E-state index >= 15 is 0 Å². The molecule has 0 spiro atoms. The Balaban J connectivity index is 2.09. The van der Waals surface area contributed by atoms with Crippen LogP contribution >= 0.6 is 0 Å². The molecule has 1 saturated carbocycles. The maximum Gasteiger partial charge on any atom is 0.307 e. The van der Waals surface area contributed by atoms with Gasteiger partial charge in [-0.15, -0.1) is 0 Å². The standard InChI is InChI=1S/C17H23NO3/c1-2-17(9-4-3-5-10-17)16(21)18-14-8-6-7-13(11-14)12-15(19)20/h6-8,11H,2-5,9-10,12H2,1H3,(H,18,21)(H,19,20). The fraction of sp³-hybridized carbons (Fsp3) is 0.529. The summed E-state index contributed by atoms with van der Waals surface area (Å²) in [5.41, 5.74) is 1.15. The monoisotopic (exact) mass is 289 g/mol. The van der Waals surface area contributed by atoms with E-state index in [1.54, 1.807) is 18.2 Å². The number of carboxylic acids is 1. The number of carbonyl (C=O) groups is 2. The summed E-state index contributed by atoms with van der Waals surface area (Å²) >= 11 is 0. The normalized spacial score (nSPS) is 17.2. The Hall–Kier alpha value is -1.84. The molecule has 1 aromatic carbocycles. The molecule has 0 atom stereocenters. The van der Waals surface area contributed by atoms with Gasteiger partial charge in [-0.1, -0.05) is 38.3 Å². The summed E-state index contributed by atoms with van der Waals surface area (Å²) in [6, 6.07) is 7.11. The van der Waals surface area contributed by atoms with Crippen LogP contribution in [0.2, 0.25) is 0 Å². The Labute approximate surface area is 125 Å². The van der Waals surface area contributed by atoms with Crippen molar-refractivity contribution in [3.8, 4) is 0 Å². The third-order valence-electron chi connectivity index (χ3n) is 4.51. The van der Waals surface area contributed by atoms with Gasteiger partial charge < -0.3 is 10.4 Å². The maximum absolute atomic E-state index is 12.6. The summed E-state index contributed by atoms with van der Waals surface area (Å²) in [4.78, 5) is 23.4. The first-order valence-corrected chi connectivity index (χ1v) is 7.68. The minimum Gasteiger partial charge on any atom is -0.481 e. The molecule has 2 rings (SSSR count). The van der Waals surface area contributed by atoms with Crippen molar-refractivity contribution < 1.29 is 14.7 Å². The van der Waals surface area contributed by atoms with Crippen LogP contribution in [0.25, 0.3) is 0 Å². The van der Waals surface area contributed by atoms with Gasteiger partial charge in [0.15, 0.2) is 0 Å². The summed E-state index contributed by atoms with van der Waals surface area (Å²) in [7, 11) is 0. The average Bonchev–Trinajstić information content (AvgIpc) is 2.47. The van der Waals surface area contributed by atoms with Gasteiger partial charge >= 0.3 is 5.97 Å². The summed E-state index contributed by atoms with van der Waals surface area (Å²) in [5.74, 6) is -0.784. The Kier molecular flexibility index (Phi) is 4.99. The highest BCUT2D eigenvalue weighted by Gasteiger charge is 2.37. The lowest BCUT2D eigenvalue weighted by Crippen LogP contribution is -2.37. The number of aliphatic carboxylic acids is 1. The molecule has 1 aliphatic carbocycles. The van der Waals surface area contributed by atoms with Gasteiger partial charge in [-0.05, 0) is 37.0 Å². The molecule has 0 aromatic heterocycles. The van der Waals surface area contributed by atoms with Crippen LogP contribution in [0.5, 0.6) is 0 Å². The van der Waals surface area contributed by atoms with Gasteiger partial charge in [0.2, 0.25) is 5.91 Å². The minimum atomic E-state index is -0.865. The summed E-state index contributed by atoms with van der Waals surface area (Å²) < 4.78 is 0. The van der Waals surface area contributed by atoms with E-state index in [9.17, 15) is 9.59 Å². The highest BCUT2D eigenvalue weighted by molar-refractivity contribution is 5.95. The molecule has 1 amide bonds. The first-order chi connectivity index (χ1) is 10.1. The molecule has 0 radical (unpaired) electrons. The van der Waals surface area contributed by atoms with Crippen LogP contribution in [-0.2, 0) is 16.0 Å². The molecule has 2 N–H and O–H groups in total. The van der Waals surface area contributed by atoms with E-state index in [0.29, 0.717) is 11.3 Å². The van der Waals surface area contributed by atoms with Crippen molar-refractivity contribution in [3.63, 3.8) is 0 Å². The zero-order valence-electron chi connectivity index (χ0n) is 12.5. The second kappa shape index (κ2) is 6.74. The number of anilines is 1. The molecule has 4 nitrogen and oxygen atoms in total. The van der Waals surface area contributed by atoms with Gasteiger partial charge in [0.1, 0.15) is 0 Å². The summed E-state index contributed by atoms with van der Waals surface area (Å²) in [5, 5.41) is 11.8. The van der Waals surface area contributed by atoms with Crippen LogP contribution in [0.3, 0.4) is 0 Å². The number of hydrogen-bond acceptors (Lipinski definition) is 2. The zero-order valence-corrected chi connectivity index (χ0v) is 12.5. The molecule has 0 saturated heterocycles. The predicted octanol–water partition coefficient (Wildman–Crippen LogP) is 3.61.